The second kappa shape index (κ2) is 7.49. The molecule has 0 saturated heterocycles. The molecule has 0 aliphatic heterocycles. The number of aromatic hydroxyl groups is 1. The molecule has 0 amide bonds. The Bertz CT molecular complexity index is 943. The number of hydrogen-bond acceptors (Lipinski definition) is 5. The zero-order valence-electron chi connectivity index (χ0n) is 14.2. The monoisotopic (exact) mass is 353 g/mol. The number of rotatable bonds is 5. The van der Waals surface area contributed by atoms with Crippen LogP contribution in [-0.4, -0.2) is 23.9 Å². The Morgan fingerprint density at radius 2 is 2.04 bits per heavy atom. The summed E-state index contributed by atoms with van der Waals surface area (Å²) in [7, 11) is 0. The smallest absolute Gasteiger partial charge is 0.341 e. The van der Waals surface area contributed by atoms with Crippen LogP contribution in [0.1, 0.15) is 34.6 Å². The van der Waals surface area contributed by atoms with Gasteiger partial charge < -0.3 is 9.84 Å². The lowest BCUT2D eigenvalue weighted by Crippen LogP contribution is -2.03. The van der Waals surface area contributed by atoms with Gasteiger partial charge in [-0.25, -0.2) is 9.79 Å². The van der Waals surface area contributed by atoms with Crippen molar-refractivity contribution in [1.82, 2.24) is 0 Å². The van der Waals surface area contributed by atoms with Gasteiger partial charge in [-0.2, -0.15) is 0 Å². The first-order chi connectivity index (χ1) is 12.1. The molecule has 25 heavy (non-hydrogen) atoms. The van der Waals surface area contributed by atoms with Gasteiger partial charge in [-0.05, 0) is 36.2 Å². The highest BCUT2D eigenvalue weighted by Crippen LogP contribution is 2.33. The van der Waals surface area contributed by atoms with Crippen LogP contribution in [0.4, 0.5) is 5.00 Å². The molecule has 0 radical (unpaired) electrons. The van der Waals surface area contributed by atoms with E-state index < -0.39 is 0 Å². The van der Waals surface area contributed by atoms with Gasteiger partial charge >= 0.3 is 5.97 Å². The molecule has 3 rings (SSSR count). The van der Waals surface area contributed by atoms with Crippen molar-refractivity contribution in [3.8, 4) is 5.75 Å². The number of nitrogens with zero attached hydrogens (tertiary/aromatic N) is 1. The second-order valence-corrected chi connectivity index (χ2v) is 6.60. The maximum absolute atomic E-state index is 12.1. The highest BCUT2D eigenvalue weighted by Gasteiger charge is 2.16. The summed E-state index contributed by atoms with van der Waals surface area (Å²) in [4.78, 5) is 17.7. The highest BCUT2D eigenvalue weighted by atomic mass is 32.1. The minimum absolute atomic E-state index is 0.160. The van der Waals surface area contributed by atoms with Crippen LogP contribution in [0.25, 0.3) is 10.8 Å². The van der Waals surface area contributed by atoms with E-state index in [1.807, 2.05) is 43.3 Å². The van der Waals surface area contributed by atoms with Crippen molar-refractivity contribution in [3.63, 3.8) is 0 Å². The van der Waals surface area contributed by atoms with E-state index in [1.54, 1.807) is 19.2 Å². The molecule has 0 fully saturated rings. The van der Waals surface area contributed by atoms with Crippen molar-refractivity contribution >= 4 is 39.3 Å². The average molecular weight is 353 g/mol. The zero-order valence-corrected chi connectivity index (χ0v) is 15.0. The average Bonchev–Trinajstić information content (AvgIpc) is 3.04. The van der Waals surface area contributed by atoms with Crippen LogP contribution < -0.4 is 0 Å². The summed E-state index contributed by atoms with van der Waals surface area (Å²) in [5, 5.41) is 12.8. The molecule has 0 bridgehead atoms. The van der Waals surface area contributed by atoms with E-state index in [0.29, 0.717) is 22.7 Å². The lowest BCUT2D eigenvalue weighted by atomic mass is 10.0. The molecule has 0 aliphatic carbocycles. The highest BCUT2D eigenvalue weighted by molar-refractivity contribution is 7.16. The second-order valence-electron chi connectivity index (χ2n) is 5.48. The minimum atomic E-state index is -0.368. The van der Waals surface area contributed by atoms with E-state index in [0.717, 1.165) is 22.1 Å². The molecule has 1 N–H and O–H groups in total. The SMILES string of the molecule is CCOC(=O)c1cc(CC)sc1N=Cc1c(O)ccc2ccccc12. The van der Waals surface area contributed by atoms with Gasteiger partial charge in [0.25, 0.3) is 0 Å². The van der Waals surface area contributed by atoms with E-state index in [1.165, 1.54) is 11.3 Å². The van der Waals surface area contributed by atoms with Crippen molar-refractivity contribution < 1.29 is 14.6 Å². The van der Waals surface area contributed by atoms with Gasteiger partial charge in [0, 0.05) is 16.7 Å². The van der Waals surface area contributed by atoms with E-state index in [-0.39, 0.29) is 11.7 Å². The summed E-state index contributed by atoms with van der Waals surface area (Å²) in [6, 6.07) is 13.1. The van der Waals surface area contributed by atoms with Crippen molar-refractivity contribution in [3.05, 3.63) is 58.5 Å². The number of benzene rings is 2. The Labute approximate surface area is 150 Å². The predicted octanol–water partition coefficient (Wildman–Crippen LogP) is 5.10. The lowest BCUT2D eigenvalue weighted by Gasteiger charge is -2.04. The third-order valence-electron chi connectivity index (χ3n) is 3.87. The molecule has 0 unspecified atom stereocenters. The molecule has 128 valence electrons. The first-order valence-electron chi connectivity index (χ1n) is 8.18. The summed E-state index contributed by atoms with van der Waals surface area (Å²) in [6.45, 7) is 4.14. The van der Waals surface area contributed by atoms with Crippen LogP contribution in [0.15, 0.2) is 47.5 Å². The normalized spacial score (nSPS) is 11.3. The molecule has 5 heteroatoms. The summed E-state index contributed by atoms with van der Waals surface area (Å²) in [6.07, 6.45) is 2.44. The number of thiophene rings is 1. The van der Waals surface area contributed by atoms with Gasteiger partial charge in [-0.1, -0.05) is 37.3 Å². The van der Waals surface area contributed by atoms with Crippen LogP contribution in [0.2, 0.25) is 0 Å². The molecule has 0 spiro atoms. The first-order valence-corrected chi connectivity index (χ1v) is 9.00. The first kappa shape index (κ1) is 17.2. The fourth-order valence-corrected chi connectivity index (χ4v) is 3.53. The van der Waals surface area contributed by atoms with Gasteiger partial charge in [0.15, 0.2) is 0 Å². The molecular weight excluding hydrogens is 334 g/mol. The lowest BCUT2D eigenvalue weighted by molar-refractivity contribution is 0.0528. The molecule has 1 heterocycles. The van der Waals surface area contributed by atoms with Crippen molar-refractivity contribution in [2.45, 2.75) is 20.3 Å². The standard InChI is InChI=1S/C20H19NO3S/c1-3-14-11-16(20(23)24-4-2)19(25-14)21-12-17-15-8-6-5-7-13(15)9-10-18(17)22/h5-12,22H,3-4H2,1-2H3. The number of hydrogen-bond donors (Lipinski definition) is 1. The van der Waals surface area contributed by atoms with Crippen molar-refractivity contribution in [2.24, 2.45) is 4.99 Å². The third-order valence-corrected chi connectivity index (χ3v) is 5.05. The summed E-state index contributed by atoms with van der Waals surface area (Å²) >= 11 is 1.46. The van der Waals surface area contributed by atoms with Crippen LogP contribution in [0.3, 0.4) is 0 Å². The van der Waals surface area contributed by atoms with Gasteiger partial charge in [-0.15, -0.1) is 11.3 Å². The van der Waals surface area contributed by atoms with Crippen molar-refractivity contribution in [1.29, 1.82) is 0 Å². The molecule has 0 aliphatic rings. The van der Waals surface area contributed by atoms with Gasteiger partial charge in [-0.3, -0.25) is 0 Å². The quantitative estimate of drug-likeness (QED) is 0.513. The third kappa shape index (κ3) is 3.56. The predicted molar refractivity (Wildman–Crippen MR) is 103 cm³/mol. The molecule has 0 saturated carbocycles. The molecule has 3 aromatic rings. The van der Waals surface area contributed by atoms with Crippen molar-refractivity contribution in [2.75, 3.05) is 6.61 Å². The number of aryl methyl sites for hydroxylation is 1. The van der Waals surface area contributed by atoms with Crippen LogP contribution in [0.5, 0.6) is 5.75 Å². The summed E-state index contributed by atoms with van der Waals surface area (Å²) in [5.74, 6) is -0.208. The fraction of sp³-hybridized carbons (Fsp3) is 0.200. The van der Waals surface area contributed by atoms with Crippen LogP contribution in [-0.2, 0) is 11.2 Å². The zero-order chi connectivity index (χ0) is 17.8. The Hall–Kier alpha value is -2.66. The number of phenolic OH excluding ortho intramolecular Hbond substituents is 1. The topological polar surface area (TPSA) is 58.9 Å². The van der Waals surface area contributed by atoms with E-state index in [2.05, 4.69) is 4.99 Å². The Kier molecular flexibility index (Phi) is 5.14. The number of carbonyl (C=O) groups excluding carboxylic acids is 1. The van der Waals surface area contributed by atoms with E-state index in [4.69, 9.17) is 4.74 Å². The van der Waals surface area contributed by atoms with Gasteiger partial charge in [0.2, 0.25) is 0 Å². The minimum Gasteiger partial charge on any atom is -0.507 e. The number of esters is 1. The number of aliphatic imine (C=N–C) groups is 1. The van der Waals surface area contributed by atoms with Gasteiger partial charge in [0.1, 0.15) is 10.8 Å². The van der Waals surface area contributed by atoms with Crippen LogP contribution in [0, 0.1) is 0 Å². The molecule has 2 aromatic carbocycles. The van der Waals surface area contributed by atoms with E-state index in [9.17, 15) is 9.90 Å². The number of ether oxygens (including phenoxy) is 1. The fourth-order valence-electron chi connectivity index (χ4n) is 2.60. The Morgan fingerprint density at radius 3 is 2.80 bits per heavy atom. The molecule has 0 atom stereocenters. The number of phenols is 1. The van der Waals surface area contributed by atoms with Crippen LogP contribution >= 0.6 is 11.3 Å². The molecule has 1 aromatic heterocycles. The maximum Gasteiger partial charge on any atom is 0.341 e. The number of carbonyl (C=O) groups is 1. The molecule has 4 nitrogen and oxygen atoms in total. The molecular formula is C20H19NO3S. The largest absolute Gasteiger partial charge is 0.507 e. The van der Waals surface area contributed by atoms with E-state index >= 15 is 0 Å². The Morgan fingerprint density at radius 1 is 1.24 bits per heavy atom. The maximum atomic E-state index is 12.1. The summed E-state index contributed by atoms with van der Waals surface area (Å²) < 4.78 is 5.12. The van der Waals surface area contributed by atoms with Gasteiger partial charge in [0.05, 0.1) is 12.2 Å². The Balaban J connectivity index is 2.04. The summed E-state index contributed by atoms with van der Waals surface area (Å²) in [5.41, 5.74) is 1.11. The number of fused-ring (bicyclic) bond motifs is 1.